The van der Waals surface area contributed by atoms with E-state index in [2.05, 4.69) is 15.5 Å². The second kappa shape index (κ2) is 9.55. The molecular formula is C24H25N3O4. The fourth-order valence-electron chi connectivity index (χ4n) is 4.18. The van der Waals surface area contributed by atoms with E-state index in [4.69, 9.17) is 9.63 Å². The Bertz CT molecular complexity index is 1020. The van der Waals surface area contributed by atoms with E-state index >= 15 is 0 Å². The summed E-state index contributed by atoms with van der Waals surface area (Å²) in [5.74, 6) is 0.188. The molecule has 3 aromatic rings. The van der Waals surface area contributed by atoms with Gasteiger partial charge in [-0.2, -0.15) is 4.98 Å². The summed E-state index contributed by atoms with van der Waals surface area (Å²) < 4.78 is 5.15. The van der Waals surface area contributed by atoms with Crippen LogP contribution in [0.4, 0.5) is 6.01 Å². The van der Waals surface area contributed by atoms with Crippen molar-refractivity contribution in [1.82, 2.24) is 10.1 Å². The summed E-state index contributed by atoms with van der Waals surface area (Å²) in [5.41, 5.74) is 2.77. The zero-order valence-corrected chi connectivity index (χ0v) is 17.2. The zero-order valence-electron chi connectivity index (χ0n) is 17.2. The van der Waals surface area contributed by atoms with E-state index in [9.17, 15) is 9.59 Å². The van der Waals surface area contributed by atoms with Crippen LogP contribution in [-0.4, -0.2) is 27.1 Å². The molecule has 1 fully saturated rings. The van der Waals surface area contributed by atoms with E-state index in [0.29, 0.717) is 23.7 Å². The molecule has 1 saturated carbocycles. The van der Waals surface area contributed by atoms with Crippen LogP contribution in [0.1, 0.15) is 65.3 Å². The average Bonchev–Trinajstić information content (AvgIpc) is 3.21. The van der Waals surface area contributed by atoms with E-state index in [0.717, 1.165) is 31.2 Å². The Hall–Kier alpha value is -3.48. The lowest BCUT2D eigenvalue weighted by molar-refractivity contribution is -0.138. The maximum atomic E-state index is 12.5. The van der Waals surface area contributed by atoms with Gasteiger partial charge in [-0.25, -0.2) is 0 Å². The molecule has 0 bridgehead atoms. The highest BCUT2D eigenvalue weighted by Crippen LogP contribution is 2.37. The van der Waals surface area contributed by atoms with Crippen LogP contribution in [-0.2, 0) is 11.2 Å². The number of carboxylic acids is 1. The average molecular weight is 419 g/mol. The number of hydrogen-bond acceptors (Lipinski definition) is 5. The molecule has 1 aliphatic carbocycles. The number of nitrogens with one attached hydrogen (secondary N) is 1. The SMILES string of the molecule is O=C(O)CC1CCC(c2ccc(C(=O)Nc3nc(Cc4ccccc4)no3)cc2)CC1. The van der Waals surface area contributed by atoms with Gasteiger partial charge in [-0.15, -0.1) is 0 Å². The molecule has 0 radical (unpaired) electrons. The van der Waals surface area contributed by atoms with Crippen molar-refractivity contribution >= 4 is 17.9 Å². The third-order valence-electron chi connectivity index (χ3n) is 5.85. The first kappa shape index (κ1) is 20.8. The molecule has 0 spiro atoms. The summed E-state index contributed by atoms with van der Waals surface area (Å²) in [6, 6.07) is 17.4. The van der Waals surface area contributed by atoms with Gasteiger partial charge in [-0.1, -0.05) is 47.6 Å². The van der Waals surface area contributed by atoms with E-state index in [1.807, 2.05) is 42.5 Å². The molecule has 7 heteroatoms. The first-order valence-electron chi connectivity index (χ1n) is 10.6. The summed E-state index contributed by atoms with van der Waals surface area (Å²) in [6.45, 7) is 0. The normalized spacial score (nSPS) is 18.5. The first-order valence-corrected chi connectivity index (χ1v) is 10.6. The maximum absolute atomic E-state index is 12.5. The minimum atomic E-state index is -0.716. The molecule has 31 heavy (non-hydrogen) atoms. The summed E-state index contributed by atoms with van der Waals surface area (Å²) in [7, 11) is 0. The van der Waals surface area contributed by atoms with Crippen molar-refractivity contribution in [2.45, 2.75) is 44.4 Å². The number of rotatable bonds is 7. The second-order valence-electron chi connectivity index (χ2n) is 8.07. The van der Waals surface area contributed by atoms with Gasteiger partial charge in [0.25, 0.3) is 5.91 Å². The van der Waals surface area contributed by atoms with Gasteiger partial charge in [-0.3, -0.25) is 14.9 Å². The van der Waals surface area contributed by atoms with E-state index in [1.165, 1.54) is 5.56 Å². The van der Waals surface area contributed by atoms with E-state index in [1.54, 1.807) is 12.1 Å². The van der Waals surface area contributed by atoms with Gasteiger partial charge >= 0.3 is 12.0 Å². The fraction of sp³-hybridized carbons (Fsp3) is 0.333. The molecule has 1 aromatic heterocycles. The van der Waals surface area contributed by atoms with Gasteiger partial charge in [0, 0.05) is 18.4 Å². The highest BCUT2D eigenvalue weighted by molar-refractivity contribution is 6.03. The molecule has 0 atom stereocenters. The summed E-state index contributed by atoms with van der Waals surface area (Å²) in [4.78, 5) is 27.6. The molecule has 0 saturated heterocycles. The molecule has 1 amide bonds. The van der Waals surface area contributed by atoms with Gasteiger partial charge in [0.1, 0.15) is 0 Å². The number of carboxylic acid groups (broad SMARTS) is 1. The smallest absolute Gasteiger partial charge is 0.328 e. The number of amides is 1. The first-order chi connectivity index (χ1) is 15.1. The molecule has 2 N–H and O–H groups in total. The fourth-order valence-corrected chi connectivity index (χ4v) is 4.18. The standard InChI is InChI=1S/C24H25N3O4/c28-22(29)15-17-6-8-18(9-7-17)19-10-12-20(13-11-19)23(30)26-24-25-21(27-31-24)14-16-4-2-1-3-5-16/h1-5,10-13,17-18H,6-9,14-15H2,(H,28,29)(H,25,26,27,30). The number of carbonyl (C=O) groups excluding carboxylic acids is 1. The van der Waals surface area contributed by atoms with Gasteiger partial charge in [-0.05, 0) is 60.8 Å². The van der Waals surface area contributed by atoms with Crippen LogP contribution in [0.3, 0.4) is 0 Å². The molecule has 4 rings (SSSR count). The Morgan fingerprint density at radius 3 is 2.39 bits per heavy atom. The van der Waals surface area contributed by atoms with Crippen LogP contribution in [0.5, 0.6) is 0 Å². The van der Waals surface area contributed by atoms with Crippen molar-refractivity contribution in [3.63, 3.8) is 0 Å². The third kappa shape index (κ3) is 5.57. The topological polar surface area (TPSA) is 105 Å². The Morgan fingerprint density at radius 2 is 1.71 bits per heavy atom. The lowest BCUT2D eigenvalue weighted by Gasteiger charge is -2.28. The van der Waals surface area contributed by atoms with Crippen molar-refractivity contribution in [1.29, 1.82) is 0 Å². The quantitative estimate of drug-likeness (QED) is 0.577. The van der Waals surface area contributed by atoms with Crippen LogP contribution in [0.25, 0.3) is 0 Å². The van der Waals surface area contributed by atoms with Crippen molar-refractivity contribution in [2.24, 2.45) is 5.92 Å². The van der Waals surface area contributed by atoms with Crippen molar-refractivity contribution in [2.75, 3.05) is 5.32 Å². The van der Waals surface area contributed by atoms with Crippen molar-refractivity contribution in [3.8, 4) is 0 Å². The van der Waals surface area contributed by atoms with Gasteiger partial charge < -0.3 is 9.63 Å². The summed E-state index contributed by atoms with van der Waals surface area (Å²) >= 11 is 0. The molecule has 7 nitrogen and oxygen atoms in total. The number of carbonyl (C=O) groups is 2. The Labute approximate surface area is 180 Å². The van der Waals surface area contributed by atoms with Crippen LogP contribution in [0, 0.1) is 5.92 Å². The Kier molecular flexibility index (Phi) is 6.40. The number of nitrogens with zero attached hydrogens (tertiary/aromatic N) is 2. The minimum absolute atomic E-state index is 0.0803. The highest BCUT2D eigenvalue weighted by atomic mass is 16.5. The number of aliphatic carboxylic acids is 1. The van der Waals surface area contributed by atoms with Crippen LogP contribution >= 0.6 is 0 Å². The summed E-state index contributed by atoms with van der Waals surface area (Å²) in [6.07, 6.45) is 4.62. The monoisotopic (exact) mass is 419 g/mol. The van der Waals surface area contributed by atoms with Gasteiger partial charge in [0.2, 0.25) is 0 Å². The number of benzene rings is 2. The second-order valence-corrected chi connectivity index (χ2v) is 8.07. The number of aromatic nitrogens is 2. The lowest BCUT2D eigenvalue weighted by atomic mass is 9.77. The number of anilines is 1. The van der Waals surface area contributed by atoms with Crippen molar-refractivity contribution in [3.05, 3.63) is 77.1 Å². The summed E-state index contributed by atoms with van der Waals surface area (Å²) in [5, 5.41) is 15.5. The maximum Gasteiger partial charge on any atom is 0.328 e. The molecule has 1 aliphatic rings. The predicted octanol–water partition coefficient (Wildman–Crippen LogP) is 4.66. The highest BCUT2D eigenvalue weighted by Gasteiger charge is 2.24. The van der Waals surface area contributed by atoms with Crippen molar-refractivity contribution < 1.29 is 19.2 Å². The molecule has 0 unspecified atom stereocenters. The largest absolute Gasteiger partial charge is 0.481 e. The van der Waals surface area contributed by atoms with Crippen LogP contribution < -0.4 is 5.32 Å². The predicted molar refractivity (Wildman–Crippen MR) is 115 cm³/mol. The molecule has 0 aliphatic heterocycles. The third-order valence-corrected chi connectivity index (χ3v) is 5.85. The molecular weight excluding hydrogens is 394 g/mol. The Morgan fingerprint density at radius 1 is 1.00 bits per heavy atom. The van der Waals surface area contributed by atoms with E-state index in [-0.39, 0.29) is 24.3 Å². The van der Waals surface area contributed by atoms with Gasteiger partial charge in [0.05, 0.1) is 0 Å². The Balaban J connectivity index is 1.31. The van der Waals surface area contributed by atoms with Crippen LogP contribution in [0.15, 0.2) is 59.1 Å². The minimum Gasteiger partial charge on any atom is -0.481 e. The number of hydrogen-bond donors (Lipinski definition) is 2. The lowest BCUT2D eigenvalue weighted by Crippen LogP contribution is -2.16. The van der Waals surface area contributed by atoms with Crippen LogP contribution in [0.2, 0.25) is 0 Å². The van der Waals surface area contributed by atoms with Gasteiger partial charge in [0.15, 0.2) is 5.82 Å². The zero-order chi connectivity index (χ0) is 21.6. The molecule has 2 aromatic carbocycles. The molecule has 160 valence electrons. The molecule has 1 heterocycles. The van der Waals surface area contributed by atoms with E-state index < -0.39 is 5.97 Å².